The molecule has 0 radical (unpaired) electrons. The number of carbonyl (C=O) groups excluding carboxylic acids is 3. The fourth-order valence-corrected chi connectivity index (χ4v) is 4.97. The van der Waals surface area contributed by atoms with Gasteiger partial charge >= 0.3 is 5.97 Å². The first-order valence-corrected chi connectivity index (χ1v) is 10.5. The molecule has 2 heterocycles. The summed E-state index contributed by atoms with van der Waals surface area (Å²) in [6.45, 7) is 7.60. The van der Waals surface area contributed by atoms with Gasteiger partial charge in [0.15, 0.2) is 9.88 Å². The second-order valence-corrected chi connectivity index (χ2v) is 8.72. The van der Waals surface area contributed by atoms with Crippen LogP contribution in [0.3, 0.4) is 0 Å². The van der Waals surface area contributed by atoms with Crippen LogP contribution >= 0.6 is 23.1 Å². The van der Waals surface area contributed by atoms with E-state index in [1.165, 1.54) is 11.8 Å². The van der Waals surface area contributed by atoms with E-state index in [0.29, 0.717) is 17.1 Å². The minimum Gasteiger partial charge on any atom is -0.462 e. The zero-order valence-electron chi connectivity index (χ0n) is 16.1. The molecule has 0 fully saturated rings. The molecule has 7 nitrogen and oxygen atoms in total. The minimum atomic E-state index is -1.34. The molecule has 1 aromatic carbocycles. The molecule has 0 aliphatic carbocycles. The van der Waals surface area contributed by atoms with Gasteiger partial charge < -0.3 is 15.0 Å². The number of nitrogens with zero attached hydrogens (tertiary/aromatic N) is 2. The van der Waals surface area contributed by atoms with Gasteiger partial charge in [0, 0.05) is 11.4 Å². The molecule has 1 unspecified atom stereocenters. The Bertz CT molecular complexity index is 943. The van der Waals surface area contributed by atoms with Gasteiger partial charge in [0.25, 0.3) is 11.8 Å². The highest BCUT2D eigenvalue weighted by Gasteiger charge is 2.49. The molecule has 2 aromatic rings. The summed E-state index contributed by atoms with van der Waals surface area (Å²) in [5.74, 6) is -1.23. The largest absolute Gasteiger partial charge is 0.462 e. The fraction of sp³-hybridized carbons (Fsp3) is 0.368. The predicted octanol–water partition coefficient (Wildman–Crippen LogP) is 3.48. The molecule has 28 heavy (non-hydrogen) atoms. The van der Waals surface area contributed by atoms with Crippen LogP contribution in [-0.2, 0) is 14.3 Å². The number of para-hydroxylation sites is 1. The van der Waals surface area contributed by atoms with Crippen LogP contribution in [0.25, 0.3) is 0 Å². The van der Waals surface area contributed by atoms with Crippen molar-refractivity contribution in [2.75, 3.05) is 23.4 Å². The average Bonchev–Trinajstić information content (AvgIpc) is 3.03. The summed E-state index contributed by atoms with van der Waals surface area (Å²) < 4.78 is 3.66. The number of thiazole rings is 1. The maximum atomic E-state index is 13.1. The normalized spacial score (nSPS) is 18.6. The van der Waals surface area contributed by atoms with Crippen molar-refractivity contribution >= 4 is 51.7 Å². The van der Waals surface area contributed by atoms with Crippen molar-refractivity contribution in [3.05, 3.63) is 34.8 Å². The molecular formula is C19H21N3O4S2. The van der Waals surface area contributed by atoms with Gasteiger partial charge in [0.1, 0.15) is 4.88 Å². The summed E-state index contributed by atoms with van der Waals surface area (Å²) in [6.07, 6.45) is 0. The first kappa shape index (κ1) is 20.3. The number of hydrogen-bond donors (Lipinski definition) is 1. The number of carbonyl (C=O) groups is 3. The Balaban J connectivity index is 1.87. The van der Waals surface area contributed by atoms with Crippen LogP contribution in [0.1, 0.15) is 36.1 Å². The van der Waals surface area contributed by atoms with Crippen molar-refractivity contribution in [2.24, 2.45) is 0 Å². The van der Waals surface area contributed by atoms with Gasteiger partial charge in [-0.25, -0.2) is 9.78 Å². The number of aryl methyl sites for hydroxylation is 1. The van der Waals surface area contributed by atoms with E-state index < -0.39 is 16.6 Å². The summed E-state index contributed by atoms with van der Waals surface area (Å²) in [6, 6.07) is 7.51. The summed E-state index contributed by atoms with van der Waals surface area (Å²) >= 11 is 2.26. The lowest BCUT2D eigenvalue weighted by Gasteiger charge is -2.38. The SMILES string of the molecule is CCOC(=O)c1sc(NC(=O)C2(C)Sc3ccccc3N(CC)C2=O)nc1C. The van der Waals surface area contributed by atoms with Gasteiger partial charge in [-0.3, -0.25) is 9.59 Å². The first-order chi connectivity index (χ1) is 13.3. The molecule has 2 amide bonds. The fourth-order valence-electron chi connectivity index (χ4n) is 2.91. The summed E-state index contributed by atoms with van der Waals surface area (Å²) in [4.78, 5) is 45.2. The molecule has 1 N–H and O–H groups in total. The molecule has 1 atom stereocenters. The summed E-state index contributed by atoms with van der Waals surface area (Å²) in [5.41, 5.74) is 1.28. The maximum Gasteiger partial charge on any atom is 0.350 e. The Labute approximate surface area is 171 Å². The Morgan fingerprint density at radius 1 is 1.29 bits per heavy atom. The summed E-state index contributed by atoms with van der Waals surface area (Å²) in [7, 11) is 0. The van der Waals surface area contributed by atoms with Gasteiger partial charge in [-0.1, -0.05) is 35.2 Å². The Morgan fingerprint density at radius 2 is 2.00 bits per heavy atom. The highest BCUT2D eigenvalue weighted by molar-refractivity contribution is 8.02. The molecule has 1 aliphatic heterocycles. The van der Waals surface area contributed by atoms with Crippen molar-refractivity contribution in [3.63, 3.8) is 0 Å². The highest BCUT2D eigenvalue weighted by atomic mass is 32.2. The predicted molar refractivity (Wildman–Crippen MR) is 110 cm³/mol. The Kier molecular flexibility index (Phi) is 5.76. The second kappa shape index (κ2) is 7.92. The van der Waals surface area contributed by atoms with Crippen LogP contribution in [0.15, 0.2) is 29.2 Å². The summed E-state index contributed by atoms with van der Waals surface area (Å²) in [5, 5.41) is 2.97. The van der Waals surface area contributed by atoms with Gasteiger partial charge in [-0.15, -0.1) is 0 Å². The third kappa shape index (κ3) is 3.51. The van der Waals surface area contributed by atoms with Crippen LogP contribution in [0.4, 0.5) is 10.8 Å². The van der Waals surface area contributed by atoms with Crippen LogP contribution < -0.4 is 10.2 Å². The van der Waals surface area contributed by atoms with Crippen molar-refractivity contribution in [2.45, 2.75) is 37.3 Å². The molecule has 0 bridgehead atoms. The van der Waals surface area contributed by atoms with Gasteiger partial charge in [0.05, 0.1) is 18.0 Å². The molecule has 0 saturated carbocycles. The number of anilines is 2. The van der Waals surface area contributed by atoms with Gasteiger partial charge in [0.2, 0.25) is 0 Å². The molecule has 9 heteroatoms. The lowest BCUT2D eigenvalue weighted by atomic mass is 10.1. The van der Waals surface area contributed by atoms with E-state index in [-0.39, 0.29) is 17.6 Å². The average molecular weight is 420 g/mol. The number of fused-ring (bicyclic) bond motifs is 1. The van der Waals surface area contributed by atoms with Gasteiger partial charge in [-0.05, 0) is 39.8 Å². The number of amides is 2. The van der Waals surface area contributed by atoms with E-state index in [4.69, 9.17) is 4.74 Å². The third-order valence-corrected chi connectivity index (χ3v) is 6.74. The topological polar surface area (TPSA) is 88.6 Å². The Morgan fingerprint density at radius 3 is 2.68 bits per heavy atom. The minimum absolute atomic E-state index is 0.257. The molecule has 148 valence electrons. The van der Waals surface area contributed by atoms with Crippen LogP contribution in [0.5, 0.6) is 0 Å². The van der Waals surface area contributed by atoms with Crippen LogP contribution in [0.2, 0.25) is 0 Å². The number of hydrogen-bond acceptors (Lipinski definition) is 7. The quantitative estimate of drug-likeness (QED) is 0.590. The van der Waals surface area contributed by atoms with E-state index in [0.717, 1.165) is 21.9 Å². The van der Waals surface area contributed by atoms with E-state index >= 15 is 0 Å². The number of ether oxygens (including phenoxy) is 1. The van der Waals surface area contributed by atoms with Crippen molar-refractivity contribution < 1.29 is 19.1 Å². The number of aromatic nitrogens is 1. The number of nitrogens with one attached hydrogen (secondary N) is 1. The molecule has 0 spiro atoms. The van der Waals surface area contributed by atoms with E-state index in [2.05, 4.69) is 10.3 Å². The number of thioether (sulfide) groups is 1. The molecule has 3 rings (SSSR count). The molecule has 1 aromatic heterocycles. The number of benzene rings is 1. The van der Waals surface area contributed by atoms with Crippen molar-refractivity contribution in [1.29, 1.82) is 0 Å². The lowest BCUT2D eigenvalue weighted by molar-refractivity contribution is -0.128. The molecule has 0 saturated heterocycles. The zero-order chi connectivity index (χ0) is 20.5. The van der Waals surface area contributed by atoms with Gasteiger partial charge in [-0.2, -0.15) is 0 Å². The second-order valence-electron chi connectivity index (χ2n) is 6.26. The Hall–Kier alpha value is -2.39. The van der Waals surface area contributed by atoms with E-state index in [1.807, 2.05) is 31.2 Å². The van der Waals surface area contributed by atoms with Crippen LogP contribution in [-0.4, -0.2) is 40.7 Å². The number of esters is 1. The smallest absolute Gasteiger partial charge is 0.350 e. The number of rotatable bonds is 5. The van der Waals surface area contributed by atoms with Crippen molar-refractivity contribution in [1.82, 2.24) is 4.98 Å². The van der Waals surface area contributed by atoms with Crippen molar-refractivity contribution in [3.8, 4) is 0 Å². The zero-order valence-corrected chi connectivity index (χ0v) is 17.7. The van der Waals surface area contributed by atoms with Crippen LogP contribution in [0, 0.1) is 6.92 Å². The standard InChI is InChI=1S/C19H21N3O4S2/c1-5-22-12-9-7-8-10-13(12)28-19(4,17(22)25)16(24)21-18-20-11(3)14(27-18)15(23)26-6-2/h7-10H,5-6H2,1-4H3,(H,20,21,24). The molecular weight excluding hydrogens is 398 g/mol. The molecule has 1 aliphatic rings. The lowest BCUT2D eigenvalue weighted by Crippen LogP contribution is -2.54. The highest BCUT2D eigenvalue weighted by Crippen LogP contribution is 2.45. The monoisotopic (exact) mass is 419 g/mol. The van der Waals surface area contributed by atoms with E-state index in [9.17, 15) is 14.4 Å². The maximum absolute atomic E-state index is 13.1. The third-order valence-electron chi connectivity index (χ3n) is 4.35. The first-order valence-electron chi connectivity index (χ1n) is 8.87. The van der Waals surface area contributed by atoms with E-state index in [1.54, 1.807) is 25.7 Å².